The van der Waals surface area contributed by atoms with E-state index in [1.54, 1.807) is 6.20 Å². The van der Waals surface area contributed by atoms with Crippen molar-refractivity contribution in [1.29, 1.82) is 5.26 Å². The zero-order valence-electron chi connectivity index (χ0n) is 12.8. The van der Waals surface area contributed by atoms with Crippen molar-refractivity contribution in [3.05, 3.63) is 41.6 Å². The van der Waals surface area contributed by atoms with Crippen molar-refractivity contribution >= 4 is 11.6 Å². The Balaban J connectivity index is 1.94. The predicted octanol–water partition coefficient (Wildman–Crippen LogP) is 2.00. The summed E-state index contributed by atoms with van der Waals surface area (Å²) in [5, 5.41) is 12.0. The first kappa shape index (κ1) is 16.1. The van der Waals surface area contributed by atoms with E-state index >= 15 is 0 Å². The van der Waals surface area contributed by atoms with Crippen LogP contribution in [0.25, 0.3) is 0 Å². The summed E-state index contributed by atoms with van der Waals surface area (Å²) in [4.78, 5) is 14.0. The number of hydrogen-bond acceptors (Lipinski definition) is 4. The van der Waals surface area contributed by atoms with Crippen molar-refractivity contribution < 1.29 is 9.53 Å². The van der Waals surface area contributed by atoms with Crippen LogP contribution in [0.15, 0.2) is 36.0 Å². The number of carbonyl (C=O) groups is 1. The predicted molar refractivity (Wildman–Crippen MR) is 85.3 cm³/mol. The van der Waals surface area contributed by atoms with Gasteiger partial charge in [0.2, 0.25) is 0 Å². The second kappa shape index (κ2) is 8.20. The molecule has 5 heteroatoms. The van der Waals surface area contributed by atoms with Crippen molar-refractivity contribution in [1.82, 2.24) is 5.32 Å². The maximum atomic E-state index is 12.0. The van der Waals surface area contributed by atoms with Gasteiger partial charge in [0, 0.05) is 38.2 Å². The summed E-state index contributed by atoms with van der Waals surface area (Å²) in [6.45, 7) is 4.52. The van der Waals surface area contributed by atoms with Crippen molar-refractivity contribution in [2.45, 2.75) is 19.8 Å². The molecule has 0 bridgehead atoms. The molecule has 1 aliphatic heterocycles. The number of para-hydroxylation sites is 1. The molecule has 1 heterocycles. The van der Waals surface area contributed by atoms with E-state index in [2.05, 4.69) is 11.4 Å². The highest BCUT2D eigenvalue weighted by Crippen LogP contribution is 2.27. The first-order valence-corrected chi connectivity index (χ1v) is 7.58. The van der Waals surface area contributed by atoms with Crippen LogP contribution in [0.3, 0.4) is 0 Å². The number of benzene rings is 1. The van der Waals surface area contributed by atoms with Gasteiger partial charge in [-0.05, 0) is 31.4 Å². The minimum absolute atomic E-state index is 0.133. The lowest BCUT2D eigenvalue weighted by molar-refractivity contribution is -0.117. The number of ether oxygens (including phenoxy) is 1. The largest absolute Gasteiger partial charge is 0.382 e. The molecule has 0 atom stereocenters. The van der Waals surface area contributed by atoms with Gasteiger partial charge in [0.15, 0.2) is 0 Å². The van der Waals surface area contributed by atoms with Crippen LogP contribution in [0, 0.1) is 11.3 Å². The van der Waals surface area contributed by atoms with Crippen molar-refractivity contribution in [2.75, 3.05) is 31.2 Å². The molecule has 1 aromatic rings. The highest BCUT2D eigenvalue weighted by atomic mass is 16.5. The molecule has 1 aliphatic rings. The van der Waals surface area contributed by atoms with E-state index in [-0.39, 0.29) is 11.5 Å². The summed E-state index contributed by atoms with van der Waals surface area (Å²) in [5.74, 6) is -0.330. The Hall–Kier alpha value is -2.32. The highest BCUT2D eigenvalue weighted by molar-refractivity contribution is 5.97. The van der Waals surface area contributed by atoms with Crippen molar-refractivity contribution in [3.63, 3.8) is 0 Å². The standard InChI is InChI=1S/C17H21N3O2/c1-2-22-11-5-9-19-17(21)15(12-18)13-20-10-8-14-6-3-4-7-16(14)20/h3-4,6-7,13H,2,5,8-11H2,1H3,(H,19,21)/b15-13-. The number of anilines is 1. The van der Waals surface area contributed by atoms with Gasteiger partial charge in [-0.2, -0.15) is 5.26 Å². The molecule has 0 spiro atoms. The summed E-state index contributed by atoms with van der Waals surface area (Å²) in [5.41, 5.74) is 2.45. The molecular weight excluding hydrogens is 278 g/mol. The zero-order chi connectivity index (χ0) is 15.8. The van der Waals surface area contributed by atoms with Gasteiger partial charge >= 0.3 is 0 Å². The van der Waals surface area contributed by atoms with Gasteiger partial charge in [-0.3, -0.25) is 4.79 Å². The van der Waals surface area contributed by atoms with E-state index in [4.69, 9.17) is 4.74 Å². The fraction of sp³-hybridized carbons (Fsp3) is 0.412. The lowest BCUT2D eigenvalue weighted by Gasteiger charge is -2.14. The Morgan fingerprint density at radius 1 is 1.50 bits per heavy atom. The summed E-state index contributed by atoms with van der Waals surface area (Å²) in [7, 11) is 0. The number of nitriles is 1. The Labute approximate surface area is 131 Å². The normalized spacial score (nSPS) is 13.6. The molecule has 0 aliphatic carbocycles. The number of nitrogens with one attached hydrogen (secondary N) is 1. The van der Waals surface area contributed by atoms with Crippen molar-refractivity contribution in [2.24, 2.45) is 0 Å². The Bertz CT molecular complexity index is 590. The number of fused-ring (bicyclic) bond motifs is 1. The minimum Gasteiger partial charge on any atom is -0.382 e. The molecule has 1 amide bonds. The molecule has 0 fully saturated rings. The number of rotatable bonds is 7. The van der Waals surface area contributed by atoms with E-state index in [0.717, 1.165) is 25.1 Å². The second-order valence-electron chi connectivity index (χ2n) is 5.03. The van der Waals surface area contributed by atoms with Crippen LogP contribution in [0.4, 0.5) is 5.69 Å². The van der Waals surface area contributed by atoms with Crippen LogP contribution in [-0.2, 0) is 16.0 Å². The monoisotopic (exact) mass is 299 g/mol. The summed E-state index contributed by atoms with van der Waals surface area (Å²) < 4.78 is 5.21. The third kappa shape index (κ3) is 4.09. The summed E-state index contributed by atoms with van der Waals surface area (Å²) >= 11 is 0. The van der Waals surface area contributed by atoms with Crippen LogP contribution < -0.4 is 10.2 Å². The highest BCUT2D eigenvalue weighted by Gasteiger charge is 2.18. The molecule has 116 valence electrons. The molecular formula is C17H21N3O2. The molecule has 1 N–H and O–H groups in total. The molecule has 0 saturated carbocycles. The number of amides is 1. The number of carbonyl (C=O) groups excluding carboxylic acids is 1. The van der Waals surface area contributed by atoms with E-state index in [0.29, 0.717) is 19.8 Å². The van der Waals surface area contributed by atoms with Gasteiger partial charge in [0.25, 0.3) is 5.91 Å². The Morgan fingerprint density at radius 3 is 3.09 bits per heavy atom. The van der Waals surface area contributed by atoms with Gasteiger partial charge in [-0.1, -0.05) is 18.2 Å². The molecule has 0 unspecified atom stereocenters. The van der Waals surface area contributed by atoms with Crippen molar-refractivity contribution in [3.8, 4) is 6.07 Å². The van der Waals surface area contributed by atoms with E-state index in [1.807, 2.05) is 36.1 Å². The third-order valence-electron chi connectivity index (χ3n) is 3.53. The van der Waals surface area contributed by atoms with E-state index in [9.17, 15) is 10.1 Å². The van der Waals surface area contributed by atoms with Gasteiger partial charge < -0.3 is 15.0 Å². The molecule has 2 rings (SSSR count). The molecule has 0 radical (unpaired) electrons. The first-order valence-electron chi connectivity index (χ1n) is 7.58. The summed E-state index contributed by atoms with van der Waals surface area (Å²) in [6, 6.07) is 10.0. The van der Waals surface area contributed by atoms with E-state index in [1.165, 1.54) is 5.56 Å². The lowest BCUT2D eigenvalue weighted by atomic mass is 10.2. The zero-order valence-corrected chi connectivity index (χ0v) is 12.8. The third-order valence-corrected chi connectivity index (χ3v) is 3.53. The van der Waals surface area contributed by atoms with Gasteiger partial charge in [0.05, 0.1) is 0 Å². The van der Waals surface area contributed by atoms with Crippen LogP contribution in [-0.4, -0.2) is 32.2 Å². The quantitative estimate of drug-likeness (QED) is 0.475. The van der Waals surface area contributed by atoms with Crippen LogP contribution in [0.1, 0.15) is 18.9 Å². The SMILES string of the molecule is CCOCCCNC(=O)/C(C#N)=C\N1CCc2ccccc21. The van der Waals surface area contributed by atoms with Crippen LogP contribution in [0.2, 0.25) is 0 Å². The average molecular weight is 299 g/mol. The summed E-state index contributed by atoms with van der Waals surface area (Å²) in [6.07, 6.45) is 3.32. The smallest absolute Gasteiger partial charge is 0.263 e. The number of nitrogens with zero attached hydrogens (tertiary/aromatic N) is 2. The second-order valence-corrected chi connectivity index (χ2v) is 5.03. The van der Waals surface area contributed by atoms with E-state index < -0.39 is 0 Å². The van der Waals surface area contributed by atoms with Crippen LogP contribution in [0.5, 0.6) is 0 Å². The maximum absolute atomic E-state index is 12.0. The minimum atomic E-state index is -0.330. The Morgan fingerprint density at radius 2 is 2.32 bits per heavy atom. The average Bonchev–Trinajstić information content (AvgIpc) is 2.95. The maximum Gasteiger partial charge on any atom is 0.263 e. The molecule has 22 heavy (non-hydrogen) atoms. The topological polar surface area (TPSA) is 65.4 Å². The fourth-order valence-electron chi connectivity index (χ4n) is 2.41. The first-order chi connectivity index (χ1) is 10.8. The Kier molecular flexibility index (Phi) is 5.99. The fourth-order valence-corrected chi connectivity index (χ4v) is 2.41. The van der Waals surface area contributed by atoms with Gasteiger partial charge in [0.1, 0.15) is 11.6 Å². The molecule has 1 aromatic carbocycles. The van der Waals surface area contributed by atoms with Crippen LogP contribution >= 0.6 is 0 Å². The van der Waals surface area contributed by atoms with Gasteiger partial charge in [-0.15, -0.1) is 0 Å². The molecule has 5 nitrogen and oxygen atoms in total. The molecule has 0 aromatic heterocycles. The lowest BCUT2D eigenvalue weighted by Crippen LogP contribution is -2.28. The van der Waals surface area contributed by atoms with Gasteiger partial charge in [-0.25, -0.2) is 0 Å². The molecule has 0 saturated heterocycles. The number of hydrogen-bond donors (Lipinski definition) is 1.